The van der Waals surface area contributed by atoms with Gasteiger partial charge in [-0.2, -0.15) is 0 Å². The molecule has 268 valence electrons. The summed E-state index contributed by atoms with van der Waals surface area (Å²) in [5, 5.41) is 13.7. The monoisotopic (exact) mass is 666 g/mol. The maximum absolute atomic E-state index is 14.7. The van der Waals surface area contributed by atoms with Crippen LogP contribution >= 0.6 is 0 Å². The molecular weight excluding hydrogens is 604 g/mol. The van der Waals surface area contributed by atoms with Crippen molar-refractivity contribution in [1.29, 1.82) is 0 Å². The fourth-order valence-electron chi connectivity index (χ4n) is 12.1. The van der Waals surface area contributed by atoms with Gasteiger partial charge in [-0.3, -0.25) is 19.2 Å². The lowest BCUT2D eigenvalue weighted by molar-refractivity contribution is -0.202. The maximum Gasteiger partial charge on any atom is 0.325 e. The molecule has 0 aliphatic heterocycles. The number of ketones is 1. The molecule has 5 aliphatic carbocycles. The number of hydrogen-bond acceptors (Lipinski definition) is 6. The van der Waals surface area contributed by atoms with Crippen LogP contribution in [0.3, 0.4) is 0 Å². The van der Waals surface area contributed by atoms with Gasteiger partial charge in [0.1, 0.15) is 12.6 Å². The van der Waals surface area contributed by atoms with Crippen LogP contribution in [0.5, 0.6) is 0 Å². The maximum atomic E-state index is 14.7. The highest BCUT2D eigenvalue weighted by Gasteiger charge is 2.70. The molecule has 8 nitrogen and oxygen atoms in total. The average molecular weight is 667 g/mol. The van der Waals surface area contributed by atoms with E-state index in [1.807, 2.05) is 19.9 Å². The van der Waals surface area contributed by atoms with Crippen LogP contribution in [0.25, 0.3) is 0 Å². The number of carbonyl (C=O) groups excluding carboxylic acids is 4. The number of nitrogens with one attached hydrogen (secondary N) is 1. The highest BCUT2D eigenvalue weighted by atomic mass is 16.5. The molecule has 4 fully saturated rings. The van der Waals surface area contributed by atoms with Gasteiger partial charge in [0.25, 0.3) is 0 Å². The first kappa shape index (κ1) is 36.8. The highest BCUT2D eigenvalue weighted by molar-refractivity contribution is 5.96. The molecule has 10 atom stereocenters. The van der Waals surface area contributed by atoms with Crippen LogP contribution in [0.4, 0.5) is 0 Å². The zero-order chi connectivity index (χ0) is 35.7. The number of allylic oxidation sites excluding steroid dienone is 2. The Morgan fingerprint density at radius 3 is 2.33 bits per heavy atom. The van der Waals surface area contributed by atoms with E-state index < -0.39 is 17.4 Å². The molecule has 0 aromatic carbocycles. The van der Waals surface area contributed by atoms with E-state index in [2.05, 4.69) is 53.4 Å². The van der Waals surface area contributed by atoms with Gasteiger partial charge in [-0.1, -0.05) is 67.0 Å². The minimum Gasteiger partial charge on any atom is -0.468 e. The van der Waals surface area contributed by atoms with Crippen LogP contribution in [0.2, 0.25) is 0 Å². The summed E-state index contributed by atoms with van der Waals surface area (Å²) in [6.07, 6.45) is 11.6. The van der Waals surface area contributed by atoms with Crippen LogP contribution in [-0.2, 0) is 23.9 Å². The third-order valence-corrected chi connectivity index (χ3v) is 15.4. The lowest BCUT2D eigenvalue weighted by atomic mass is 9.33. The first-order valence-electron chi connectivity index (χ1n) is 18.5. The number of aliphatic hydroxyl groups excluding tert-OH is 1. The summed E-state index contributed by atoms with van der Waals surface area (Å²) in [6.45, 7) is 21.7. The molecule has 0 aromatic rings. The van der Waals surface area contributed by atoms with Crippen molar-refractivity contribution >= 4 is 23.6 Å². The lowest BCUT2D eigenvalue weighted by Crippen LogP contribution is -2.66. The predicted molar refractivity (Wildman–Crippen MR) is 186 cm³/mol. The topological polar surface area (TPSA) is 113 Å². The Labute approximate surface area is 288 Å². The number of hydrogen-bond donors (Lipinski definition) is 2. The van der Waals surface area contributed by atoms with Gasteiger partial charge in [-0.25, -0.2) is 0 Å². The molecule has 2 amide bonds. The number of ether oxygens (including phenoxy) is 1. The van der Waals surface area contributed by atoms with E-state index in [0.29, 0.717) is 19.3 Å². The third-order valence-electron chi connectivity index (χ3n) is 15.4. The van der Waals surface area contributed by atoms with Crippen molar-refractivity contribution in [2.75, 3.05) is 20.2 Å². The third kappa shape index (κ3) is 5.33. The first-order valence-corrected chi connectivity index (χ1v) is 18.5. The van der Waals surface area contributed by atoms with Gasteiger partial charge in [-0.05, 0) is 109 Å². The molecular formula is C40H62N2O6. The van der Waals surface area contributed by atoms with E-state index in [1.54, 1.807) is 11.0 Å². The van der Waals surface area contributed by atoms with Crippen LogP contribution in [-0.4, -0.2) is 65.9 Å². The van der Waals surface area contributed by atoms with Crippen LogP contribution in [0.1, 0.15) is 120 Å². The van der Waals surface area contributed by atoms with Crippen molar-refractivity contribution in [3.05, 3.63) is 24.3 Å². The Morgan fingerprint density at radius 2 is 1.71 bits per heavy atom. The number of esters is 1. The summed E-state index contributed by atoms with van der Waals surface area (Å²) < 4.78 is 4.69. The summed E-state index contributed by atoms with van der Waals surface area (Å²) in [7, 11) is 1.27. The summed E-state index contributed by atoms with van der Waals surface area (Å²) >= 11 is 0. The summed E-state index contributed by atoms with van der Waals surface area (Å²) in [5.41, 5.74) is -0.296. The van der Waals surface area contributed by atoms with Crippen molar-refractivity contribution in [2.24, 2.45) is 50.2 Å². The second kappa shape index (κ2) is 12.4. The van der Waals surface area contributed by atoms with Crippen molar-refractivity contribution in [2.45, 2.75) is 132 Å². The number of carbonyl (C=O) groups is 4. The Kier molecular flexibility index (Phi) is 9.49. The Morgan fingerprint density at radius 1 is 1.04 bits per heavy atom. The zero-order valence-corrected chi connectivity index (χ0v) is 31.2. The fourth-order valence-corrected chi connectivity index (χ4v) is 12.1. The molecule has 0 saturated heterocycles. The van der Waals surface area contributed by atoms with Crippen molar-refractivity contribution in [3.63, 3.8) is 0 Å². The Balaban J connectivity index is 1.49. The van der Waals surface area contributed by atoms with E-state index in [0.717, 1.165) is 44.9 Å². The van der Waals surface area contributed by atoms with Crippen molar-refractivity contribution in [3.8, 4) is 0 Å². The Hall–Kier alpha value is -2.48. The van der Waals surface area contributed by atoms with Gasteiger partial charge in [0.15, 0.2) is 5.78 Å². The van der Waals surface area contributed by atoms with Crippen LogP contribution in [0.15, 0.2) is 24.3 Å². The molecule has 4 saturated carbocycles. The molecule has 0 radical (unpaired) electrons. The number of rotatable bonds is 8. The lowest BCUT2D eigenvalue weighted by Gasteiger charge is -2.70. The molecule has 0 spiro atoms. The first-order chi connectivity index (χ1) is 22.3. The average Bonchev–Trinajstić information content (AvgIpc) is 3.03. The van der Waals surface area contributed by atoms with Crippen LogP contribution in [0, 0.1) is 50.2 Å². The number of nitrogens with zero attached hydrogens (tertiary/aromatic N) is 1. The summed E-state index contributed by atoms with van der Waals surface area (Å²) in [5.74, 6) is -0.483. The molecule has 5 rings (SSSR count). The van der Waals surface area contributed by atoms with Gasteiger partial charge in [-0.15, -0.1) is 6.58 Å². The van der Waals surface area contributed by atoms with E-state index >= 15 is 0 Å². The predicted octanol–water partition coefficient (Wildman–Crippen LogP) is 6.41. The smallest absolute Gasteiger partial charge is 0.325 e. The largest absolute Gasteiger partial charge is 0.468 e. The second-order valence-electron chi connectivity index (χ2n) is 18.1. The second-order valence-corrected chi connectivity index (χ2v) is 18.1. The molecule has 48 heavy (non-hydrogen) atoms. The minimum atomic E-state index is -0.744. The van der Waals surface area contributed by atoms with Gasteiger partial charge >= 0.3 is 5.97 Å². The molecule has 1 unspecified atom stereocenters. The van der Waals surface area contributed by atoms with Gasteiger partial charge in [0.05, 0.1) is 13.2 Å². The number of methoxy groups -OCH3 is 1. The van der Waals surface area contributed by atoms with E-state index in [4.69, 9.17) is 4.74 Å². The summed E-state index contributed by atoms with van der Waals surface area (Å²) in [6, 6.07) is -0.744. The van der Waals surface area contributed by atoms with Crippen LogP contribution < -0.4 is 5.32 Å². The number of fused-ring (bicyclic) bond motifs is 7. The zero-order valence-electron chi connectivity index (χ0n) is 31.2. The quantitative estimate of drug-likeness (QED) is 0.229. The fraction of sp³-hybridized carbons (Fsp3) is 0.800. The van der Waals surface area contributed by atoms with E-state index in [-0.39, 0.29) is 81.6 Å². The molecule has 2 N–H and O–H groups in total. The minimum absolute atomic E-state index is 0.0159. The van der Waals surface area contributed by atoms with E-state index in [1.165, 1.54) is 12.7 Å². The van der Waals surface area contributed by atoms with Gasteiger partial charge < -0.3 is 20.1 Å². The molecule has 5 aliphatic rings. The molecule has 0 aromatic heterocycles. The molecule has 0 heterocycles. The number of amides is 2. The SMILES string of the molecule is C=CCN(C(=O)[C@@]1(C)CC[C@]2(C)CC[C@]3(C)C(=CC(=O)[C@@H]4[C@@]5(C)CC[C@H](O)C(C)(C)[C@@H]5CC[C@]43C)[C@@H]2C1)C(CC)C(=O)NCC(=O)OC. The standard InChI is InChI=1S/C40H62N2O6/c1-11-21-42(27(12-2)33(46)41-24-31(45)48-10)34(47)37(6)18-17-36(5)19-20-39(8)25(26(36)23-37)22-28(43)32-38(7)15-14-30(44)35(3,4)29(38)13-16-40(32,39)9/h11,22,26-27,29-30,32,44H,1,12-21,23-24H2,2-10H3,(H,41,46)/t26-,27?,29-,30-,32+,36+,37-,38-,39+,40+/m0/s1. The normalized spacial score (nSPS) is 42.0. The van der Waals surface area contributed by atoms with Crippen molar-refractivity contribution in [1.82, 2.24) is 10.2 Å². The summed E-state index contributed by atoms with van der Waals surface area (Å²) in [4.78, 5) is 56.0. The van der Waals surface area contributed by atoms with Crippen molar-refractivity contribution < 1.29 is 29.0 Å². The highest BCUT2D eigenvalue weighted by Crippen LogP contribution is 2.75. The van der Waals surface area contributed by atoms with Gasteiger partial charge in [0, 0.05) is 17.9 Å². The Bertz CT molecular complexity index is 1390. The van der Waals surface area contributed by atoms with E-state index in [9.17, 15) is 24.3 Å². The molecule has 0 bridgehead atoms. The van der Waals surface area contributed by atoms with Gasteiger partial charge in [0.2, 0.25) is 11.8 Å². The number of aliphatic hydroxyl groups is 1. The molecule has 8 heteroatoms.